The number of hydrogen-bond acceptors (Lipinski definition) is 2. The molecule has 0 amide bonds. The van der Waals surface area contributed by atoms with Gasteiger partial charge in [0.25, 0.3) is 0 Å². The van der Waals surface area contributed by atoms with Crippen LogP contribution in [0.3, 0.4) is 0 Å². The lowest BCUT2D eigenvalue weighted by molar-refractivity contribution is 0.631. The Morgan fingerprint density at radius 2 is 1.93 bits per heavy atom. The molecule has 1 aliphatic carbocycles. The van der Waals surface area contributed by atoms with Gasteiger partial charge >= 0.3 is 0 Å². The monoisotopic (exact) mass is 246 g/mol. The molecule has 0 heterocycles. The second-order valence-electron chi connectivity index (χ2n) is 4.70. The van der Waals surface area contributed by atoms with Crippen LogP contribution < -0.4 is 0 Å². The van der Waals surface area contributed by atoms with Crippen LogP contribution in [0.25, 0.3) is 0 Å². The van der Waals surface area contributed by atoms with Gasteiger partial charge in [-0.25, -0.2) is 0 Å². The molecule has 1 rings (SSSR count). The van der Waals surface area contributed by atoms with Crippen molar-refractivity contribution in [2.45, 2.75) is 75.2 Å². The minimum Gasteiger partial charge on any atom is -0.178 e. The van der Waals surface area contributed by atoms with E-state index in [1.807, 2.05) is 0 Å². The predicted molar refractivity (Wildman–Crippen MR) is 76.2 cm³/mol. The summed E-state index contributed by atoms with van der Waals surface area (Å²) in [7, 11) is 0. The van der Waals surface area contributed by atoms with Crippen LogP contribution in [-0.4, -0.2) is 16.3 Å². The molecule has 0 aliphatic heterocycles. The first-order valence-corrected chi connectivity index (χ1v) is 8.20. The molecule has 1 aliphatic rings. The zero-order chi connectivity index (χ0) is 10.9. The molecule has 0 aromatic rings. The molecule has 1 unspecified atom stereocenters. The first-order valence-electron chi connectivity index (χ1n) is 6.63. The molecule has 1 saturated carbocycles. The topological polar surface area (TPSA) is 0 Å². The normalized spacial score (nSPS) is 19.6. The lowest BCUT2D eigenvalue weighted by atomic mass is 10.1. The summed E-state index contributed by atoms with van der Waals surface area (Å²) in [6, 6.07) is 0. The van der Waals surface area contributed by atoms with Crippen LogP contribution in [0.1, 0.15) is 64.7 Å². The molecule has 0 N–H and O–H groups in total. The van der Waals surface area contributed by atoms with Crippen molar-refractivity contribution in [3.05, 3.63) is 0 Å². The Morgan fingerprint density at radius 3 is 2.53 bits per heavy atom. The van der Waals surface area contributed by atoms with E-state index in [1.165, 1.54) is 57.8 Å². The zero-order valence-corrected chi connectivity index (χ0v) is 11.8. The molecular formula is C13H26S2. The van der Waals surface area contributed by atoms with Crippen LogP contribution in [0.2, 0.25) is 0 Å². The van der Waals surface area contributed by atoms with Gasteiger partial charge in [-0.05, 0) is 19.3 Å². The number of rotatable bonds is 8. The van der Waals surface area contributed by atoms with Gasteiger partial charge in [-0.3, -0.25) is 0 Å². The number of thiol groups is 1. The third kappa shape index (κ3) is 6.11. The fourth-order valence-electron chi connectivity index (χ4n) is 2.30. The third-order valence-corrected chi connectivity index (χ3v) is 5.60. The van der Waals surface area contributed by atoms with Crippen LogP contribution >= 0.6 is 24.4 Å². The minimum absolute atomic E-state index is 0.827. The molecule has 1 atom stereocenters. The van der Waals surface area contributed by atoms with Crippen LogP contribution in [0.15, 0.2) is 0 Å². The predicted octanol–water partition coefficient (Wildman–Crippen LogP) is 4.93. The van der Waals surface area contributed by atoms with Crippen molar-refractivity contribution in [3.63, 3.8) is 0 Å². The molecule has 0 bridgehead atoms. The highest BCUT2D eigenvalue weighted by Gasteiger charge is 2.19. The van der Waals surface area contributed by atoms with Crippen molar-refractivity contribution in [2.24, 2.45) is 0 Å². The first-order chi connectivity index (χ1) is 7.36. The number of thioether (sulfide) groups is 1. The Labute approximate surface area is 105 Å². The van der Waals surface area contributed by atoms with Gasteiger partial charge in [0.05, 0.1) is 0 Å². The van der Waals surface area contributed by atoms with Gasteiger partial charge in [0.1, 0.15) is 0 Å². The summed E-state index contributed by atoms with van der Waals surface area (Å²) in [4.78, 5) is 0. The quantitative estimate of drug-likeness (QED) is 0.468. The Kier molecular flexibility index (Phi) is 8.08. The van der Waals surface area contributed by atoms with Gasteiger partial charge < -0.3 is 0 Å². The summed E-state index contributed by atoms with van der Waals surface area (Å²) in [5.41, 5.74) is 0. The summed E-state index contributed by atoms with van der Waals surface area (Å²) in [5.74, 6) is 1.08. The highest BCUT2D eigenvalue weighted by molar-refractivity contribution is 8.01. The van der Waals surface area contributed by atoms with Gasteiger partial charge in [0.15, 0.2) is 0 Å². The van der Waals surface area contributed by atoms with E-state index in [9.17, 15) is 0 Å². The maximum Gasteiger partial charge on any atom is 0.0138 e. The van der Waals surface area contributed by atoms with Crippen LogP contribution in [0, 0.1) is 0 Å². The van der Waals surface area contributed by atoms with E-state index in [1.54, 1.807) is 0 Å². The molecule has 2 heteroatoms. The largest absolute Gasteiger partial charge is 0.178 e. The zero-order valence-electron chi connectivity index (χ0n) is 10.1. The maximum atomic E-state index is 4.49. The van der Waals surface area contributed by atoms with Gasteiger partial charge in [0, 0.05) is 16.3 Å². The van der Waals surface area contributed by atoms with Crippen molar-refractivity contribution in [1.82, 2.24) is 0 Å². The highest BCUT2D eigenvalue weighted by Crippen LogP contribution is 2.34. The minimum atomic E-state index is 0.827. The van der Waals surface area contributed by atoms with E-state index >= 15 is 0 Å². The summed E-state index contributed by atoms with van der Waals surface area (Å²) in [6.07, 6.45) is 12.8. The summed E-state index contributed by atoms with van der Waals surface area (Å²) >= 11 is 6.73. The molecule has 0 spiro atoms. The molecule has 0 saturated heterocycles. The van der Waals surface area contributed by atoms with Crippen LogP contribution in [-0.2, 0) is 0 Å². The van der Waals surface area contributed by atoms with Gasteiger partial charge in [-0.1, -0.05) is 45.4 Å². The van der Waals surface area contributed by atoms with E-state index in [0.29, 0.717) is 0 Å². The Morgan fingerprint density at radius 1 is 1.20 bits per heavy atom. The third-order valence-electron chi connectivity index (χ3n) is 3.27. The standard InChI is InChI=1S/C13H26S2/c1-2-3-4-5-10-13(11-14)15-12-8-6-7-9-12/h12-14H,2-11H2,1H3. The fraction of sp³-hybridized carbons (Fsp3) is 1.00. The van der Waals surface area contributed by atoms with E-state index < -0.39 is 0 Å². The summed E-state index contributed by atoms with van der Waals surface area (Å²) in [6.45, 7) is 2.28. The van der Waals surface area contributed by atoms with Crippen LogP contribution in [0.4, 0.5) is 0 Å². The van der Waals surface area contributed by atoms with Crippen molar-refractivity contribution in [3.8, 4) is 0 Å². The van der Waals surface area contributed by atoms with Gasteiger partial charge in [-0.15, -0.1) is 0 Å². The second-order valence-corrected chi connectivity index (χ2v) is 6.67. The molecular weight excluding hydrogens is 220 g/mol. The lowest BCUT2D eigenvalue weighted by Gasteiger charge is -2.18. The highest BCUT2D eigenvalue weighted by atomic mass is 32.2. The molecule has 0 aromatic heterocycles. The average molecular weight is 246 g/mol. The average Bonchev–Trinajstić information content (AvgIpc) is 2.75. The molecule has 0 aromatic carbocycles. The van der Waals surface area contributed by atoms with E-state index in [-0.39, 0.29) is 0 Å². The number of hydrogen-bond donors (Lipinski definition) is 1. The Balaban J connectivity index is 2.06. The van der Waals surface area contributed by atoms with Gasteiger partial charge in [0.2, 0.25) is 0 Å². The van der Waals surface area contributed by atoms with E-state index in [2.05, 4.69) is 31.3 Å². The summed E-state index contributed by atoms with van der Waals surface area (Å²) < 4.78 is 0. The van der Waals surface area contributed by atoms with Gasteiger partial charge in [-0.2, -0.15) is 24.4 Å². The molecule has 15 heavy (non-hydrogen) atoms. The fourth-order valence-corrected chi connectivity index (χ4v) is 4.28. The molecule has 0 nitrogen and oxygen atoms in total. The van der Waals surface area contributed by atoms with Crippen LogP contribution in [0.5, 0.6) is 0 Å². The number of unbranched alkanes of at least 4 members (excludes halogenated alkanes) is 3. The summed E-state index contributed by atoms with van der Waals surface area (Å²) in [5, 5.41) is 1.79. The van der Waals surface area contributed by atoms with E-state index in [4.69, 9.17) is 0 Å². The Bertz CT molecular complexity index is 141. The SMILES string of the molecule is CCCCCCC(CS)SC1CCCC1. The second kappa shape index (κ2) is 8.81. The molecule has 1 fully saturated rings. The van der Waals surface area contributed by atoms with E-state index in [0.717, 1.165) is 16.3 Å². The van der Waals surface area contributed by atoms with Crippen molar-refractivity contribution in [2.75, 3.05) is 5.75 Å². The van der Waals surface area contributed by atoms with Crippen molar-refractivity contribution >= 4 is 24.4 Å². The lowest BCUT2D eigenvalue weighted by Crippen LogP contribution is -2.10. The first kappa shape index (κ1) is 13.8. The maximum absolute atomic E-state index is 4.49. The molecule has 90 valence electrons. The smallest absolute Gasteiger partial charge is 0.0138 e. The van der Waals surface area contributed by atoms with Crippen molar-refractivity contribution < 1.29 is 0 Å². The Hall–Kier alpha value is 0.700. The van der Waals surface area contributed by atoms with Crippen molar-refractivity contribution in [1.29, 1.82) is 0 Å². The molecule has 0 radical (unpaired) electrons.